The smallest absolute Gasteiger partial charge is 0.251 e. The molecule has 0 spiro atoms. The summed E-state index contributed by atoms with van der Waals surface area (Å²) in [6.07, 6.45) is 0.949. The topological polar surface area (TPSA) is 56.8 Å². The summed E-state index contributed by atoms with van der Waals surface area (Å²) in [5.74, 6) is 1.93. The second kappa shape index (κ2) is 8.97. The van der Waals surface area contributed by atoms with E-state index in [1.165, 1.54) is 0 Å². The van der Waals surface area contributed by atoms with Gasteiger partial charge in [-0.25, -0.2) is 0 Å². The van der Waals surface area contributed by atoms with E-state index in [-0.39, 0.29) is 11.9 Å². The lowest BCUT2D eigenvalue weighted by molar-refractivity contribution is 0.0940. The molecule has 0 unspecified atom stereocenters. The van der Waals surface area contributed by atoms with Gasteiger partial charge in [0.1, 0.15) is 5.75 Å². The Hall–Kier alpha value is -2.69. The minimum atomic E-state index is -0.164. The summed E-state index contributed by atoms with van der Waals surface area (Å²) < 4.78 is 16.1. The van der Waals surface area contributed by atoms with Gasteiger partial charge in [0.2, 0.25) is 0 Å². The highest BCUT2D eigenvalue weighted by atomic mass is 16.5. The first kappa shape index (κ1) is 18.6. The van der Waals surface area contributed by atoms with Gasteiger partial charge in [-0.1, -0.05) is 13.0 Å². The maximum Gasteiger partial charge on any atom is 0.251 e. The second-order valence-corrected chi connectivity index (χ2v) is 5.68. The minimum absolute atomic E-state index is 0.135. The number of amides is 1. The molecule has 0 fully saturated rings. The lowest BCUT2D eigenvalue weighted by Crippen LogP contribution is -2.26. The van der Waals surface area contributed by atoms with Crippen LogP contribution in [-0.2, 0) is 0 Å². The largest absolute Gasteiger partial charge is 0.494 e. The third-order valence-electron chi connectivity index (χ3n) is 3.84. The SMILES string of the molecule is CCCOc1ccc(C(=O)N[C@H](C)c2ccc(OC)c(OC)c2)cc1. The van der Waals surface area contributed by atoms with Crippen molar-refractivity contribution in [2.75, 3.05) is 20.8 Å². The molecule has 0 saturated heterocycles. The van der Waals surface area contributed by atoms with E-state index in [2.05, 4.69) is 12.2 Å². The van der Waals surface area contributed by atoms with E-state index in [0.717, 1.165) is 17.7 Å². The summed E-state index contributed by atoms with van der Waals surface area (Å²) in [7, 11) is 3.18. The zero-order chi connectivity index (χ0) is 18.2. The number of nitrogens with one attached hydrogen (secondary N) is 1. The predicted octanol–water partition coefficient (Wildman–Crippen LogP) is 3.98. The Kier molecular flexibility index (Phi) is 6.69. The highest BCUT2D eigenvalue weighted by Crippen LogP contribution is 2.30. The van der Waals surface area contributed by atoms with E-state index in [1.807, 2.05) is 37.3 Å². The third-order valence-corrected chi connectivity index (χ3v) is 3.84. The van der Waals surface area contributed by atoms with Gasteiger partial charge in [0.25, 0.3) is 5.91 Å². The highest BCUT2D eigenvalue weighted by molar-refractivity contribution is 5.94. The Labute approximate surface area is 148 Å². The van der Waals surface area contributed by atoms with Crippen LogP contribution in [0.2, 0.25) is 0 Å². The monoisotopic (exact) mass is 343 g/mol. The van der Waals surface area contributed by atoms with Gasteiger partial charge < -0.3 is 19.5 Å². The first-order chi connectivity index (χ1) is 12.1. The van der Waals surface area contributed by atoms with Gasteiger partial charge in [-0.3, -0.25) is 4.79 Å². The summed E-state index contributed by atoms with van der Waals surface area (Å²) >= 11 is 0. The molecule has 1 atom stereocenters. The molecule has 1 N–H and O–H groups in total. The maximum absolute atomic E-state index is 12.4. The van der Waals surface area contributed by atoms with Gasteiger partial charge in [-0.15, -0.1) is 0 Å². The Bertz CT molecular complexity index is 697. The Morgan fingerprint density at radius 3 is 2.32 bits per heavy atom. The standard InChI is InChI=1S/C20H25NO4/c1-5-12-25-17-9-6-15(7-10-17)20(22)21-14(2)16-8-11-18(23-3)19(13-16)24-4/h6-11,13-14H,5,12H2,1-4H3,(H,21,22)/t14-/m1/s1. The molecule has 0 bridgehead atoms. The van der Waals surface area contributed by atoms with Crippen molar-refractivity contribution in [1.29, 1.82) is 0 Å². The molecule has 0 heterocycles. The number of carbonyl (C=O) groups is 1. The van der Waals surface area contributed by atoms with E-state index in [1.54, 1.807) is 26.4 Å². The average Bonchev–Trinajstić information content (AvgIpc) is 2.65. The van der Waals surface area contributed by atoms with E-state index in [9.17, 15) is 4.79 Å². The van der Waals surface area contributed by atoms with Crippen LogP contribution in [0.15, 0.2) is 42.5 Å². The molecule has 134 valence electrons. The Balaban J connectivity index is 2.04. The van der Waals surface area contributed by atoms with Gasteiger partial charge in [0.15, 0.2) is 11.5 Å². The molecule has 1 amide bonds. The predicted molar refractivity (Wildman–Crippen MR) is 97.7 cm³/mol. The summed E-state index contributed by atoms with van der Waals surface area (Å²) in [5.41, 5.74) is 1.53. The van der Waals surface area contributed by atoms with Crippen molar-refractivity contribution in [1.82, 2.24) is 5.32 Å². The molecule has 0 aromatic heterocycles. The number of carbonyl (C=O) groups excluding carboxylic acids is 1. The van der Waals surface area contributed by atoms with Crippen LogP contribution in [0.5, 0.6) is 17.2 Å². The lowest BCUT2D eigenvalue weighted by atomic mass is 10.1. The molecule has 0 aliphatic carbocycles. The van der Waals surface area contributed by atoms with Crippen LogP contribution in [0, 0.1) is 0 Å². The van der Waals surface area contributed by atoms with Crippen molar-refractivity contribution < 1.29 is 19.0 Å². The molecule has 0 aliphatic heterocycles. The summed E-state index contributed by atoms with van der Waals surface area (Å²) in [5, 5.41) is 2.99. The van der Waals surface area contributed by atoms with Gasteiger partial charge >= 0.3 is 0 Å². The van der Waals surface area contributed by atoms with Crippen molar-refractivity contribution in [3.63, 3.8) is 0 Å². The fourth-order valence-corrected chi connectivity index (χ4v) is 2.41. The van der Waals surface area contributed by atoms with Crippen LogP contribution in [0.25, 0.3) is 0 Å². The molecule has 2 rings (SSSR count). The van der Waals surface area contributed by atoms with Crippen molar-refractivity contribution in [2.45, 2.75) is 26.3 Å². The first-order valence-corrected chi connectivity index (χ1v) is 8.34. The molecule has 25 heavy (non-hydrogen) atoms. The fraction of sp³-hybridized carbons (Fsp3) is 0.350. The molecule has 0 saturated carbocycles. The molecule has 5 heteroatoms. The van der Waals surface area contributed by atoms with E-state index in [0.29, 0.717) is 23.7 Å². The Morgan fingerprint density at radius 1 is 1.04 bits per heavy atom. The summed E-state index contributed by atoms with van der Waals surface area (Å²) in [4.78, 5) is 12.4. The fourth-order valence-electron chi connectivity index (χ4n) is 2.41. The van der Waals surface area contributed by atoms with Crippen LogP contribution in [-0.4, -0.2) is 26.7 Å². The van der Waals surface area contributed by atoms with Gasteiger partial charge in [-0.2, -0.15) is 0 Å². The zero-order valence-corrected chi connectivity index (χ0v) is 15.2. The number of methoxy groups -OCH3 is 2. The summed E-state index contributed by atoms with van der Waals surface area (Å²) in [6, 6.07) is 12.6. The molecular weight excluding hydrogens is 318 g/mol. The lowest BCUT2D eigenvalue weighted by Gasteiger charge is -2.17. The summed E-state index contributed by atoms with van der Waals surface area (Å²) in [6.45, 7) is 4.65. The molecule has 2 aromatic rings. The number of hydrogen-bond acceptors (Lipinski definition) is 4. The van der Waals surface area contributed by atoms with Crippen LogP contribution in [0.4, 0.5) is 0 Å². The van der Waals surface area contributed by atoms with Crippen LogP contribution in [0.3, 0.4) is 0 Å². The Morgan fingerprint density at radius 2 is 1.72 bits per heavy atom. The van der Waals surface area contributed by atoms with Crippen molar-refractivity contribution in [3.8, 4) is 17.2 Å². The maximum atomic E-state index is 12.4. The van der Waals surface area contributed by atoms with E-state index >= 15 is 0 Å². The van der Waals surface area contributed by atoms with Crippen LogP contribution < -0.4 is 19.5 Å². The quantitative estimate of drug-likeness (QED) is 0.787. The minimum Gasteiger partial charge on any atom is -0.494 e. The number of hydrogen-bond donors (Lipinski definition) is 1. The van der Waals surface area contributed by atoms with E-state index in [4.69, 9.17) is 14.2 Å². The third kappa shape index (κ3) is 4.89. The number of ether oxygens (including phenoxy) is 3. The number of rotatable bonds is 8. The first-order valence-electron chi connectivity index (χ1n) is 8.34. The number of benzene rings is 2. The van der Waals surface area contributed by atoms with Crippen LogP contribution in [0.1, 0.15) is 42.2 Å². The van der Waals surface area contributed by atoms with Crippen molar-refractivity contribution in [2.24, 2.45) is 0 Å². The second-order valence-electron chi connectivity index (χ2n) is 5.68. The van der Waals surface area contributed by atoms with Crippen molar-refractivity contribution in [3.05, 3.63) is 53.6 Å². The van der Waals surface area contributed by atoms with Gasteiger partial charge in [-0.05, 0) is 55.3 Å². The van der Waals surface area contributed by atoms with Gasteiger partial charge in [0.05, 0.1) is 26.9 Å². The van der Waals surface area contributed by atoms with Crippen LogP contribution >= 0.6 is 0 Å². The zero-order valence-electron chi connectivity index (χ0n) is 15.2. The van der Waals surface area contributed by atoms with Crippen molar-refractivity contribution >= 4 is 5.91 Å². The molecule has 0 radical (unpaired) electrons. The normalized spacial score (nSPS) is 11.5. The van der Waals surface area contributed by atoms with Gasteiger partial charge in [0, 0.05) is 5.56 Å². The average molecular weight is 343 g/mol. The molecule has 2 aromatic carbocycles. The van der Waals surface area contributed by atoms with E-state index < -0.39 is 0 Å². The molecule has 5 nitrogen and oxygen atoms in total. The molecular formula is C20H25NO4. The highest BCUT2D eigenvalue weighted by Gasteiger charge is 2.14. The molecule has 0 aliphatic rings.